The van der Waals surface area contributed by atoms with Gasteiger partial charge in [0.2, 0.25) is 0 Å². The molecule has 1 aliphatic heterocycles. The molecule has 2 aromatic carbocycles. The number of ether oxygens (including phenoxy) is 1. The highest BCUT2D eigenvalue weighted by atomic mass is 16.5. The fourth-order valence-electron chi connectivity index (χ4n) is 3.22. The average molecular weight is 255 g/mol. The van der Waals surface area contributed by atoms with Crippen LogP contribution in [0.5, 0.6) is 0 Å². The lowest BCUT2D eigenvalue weighted by atomic mass is 9.85. The second-order valence-electron chi connectivity index (χ2n) is 5.28. The van der Waals surface area contributed by atoms with E-state index in [9.17, 15) is 0 Å². The topological polar surface area (TPSA) is 21.3 Å². The van der Waals surface area contributed by atoms with Crippen LogP contribution >= 0.6 is 0 Å². The molecule has 1 atom stereocenters. The SMILES string of the molecule is CNC(c1cccc2ccccc12)C1CCOCC1. The molecule has 2 heteroatoms. The van der Waals surface area contributed by atoms with Gasteiger partial charge in [0, 0.05) is 19.3 Å². The van der Waals surface area contributed by atoms with Crippen molar-refractivity contribution < 1.29 is 4.74 Å². The van der Waals surface area contributed by atoms with Crippen LogP contribution in [-0.2, 0) is 4.74 Å². The minimum Gasteiger partial charge on any atom is -0.381 e. The van der Waals surface area contributed by atoms with Crippen molar-refractivity contribution >= 4 is 10.8 Å². The largest absolute Gasteiger partial charge is 0.381 e. The summed E-state index contributed by atoms with van der Waals surface area (Å²) in [6, 6.07) is 15.7. The van der Waals surface area contributed by atoms with Crippen LogP contribution in [0, 0.1) is 5.92 Å². The lowest BCUT2D eigenvalue weighted by Crippen LogP contribution is -2.30. The zero-order valence-electron chi connectivity index (χ0n) is 11.4. The van der Waals surface area contributed by atoms with Gasteiger partial charge in [0.1, 0.15) is 0 Å². The Hall–Kier alpha value is -1.38. The fourth-order valence-corrected chi connectivity index (χ4v) is 3.22. The Bertz CT molecular complexity index is 540. The number of hydrogen-bond donors (Lipinski definition) is 1. The molecule has 0 spiro atoms. The van der Waals surface area contributed by atoms with Crippen molar-refractivity contribution in [3.8, 4) is 0 Å². The van der Waals surface area contributed by atoms with Crippen molar-refractivity contribution in [3.63, 3.8) is 0 Å². The number of rotatable bonds is 3. The second-order valence-corrected chi connectivity index (χ2v) is 5.28. The Morgan fingerprint density at radius 3 is 2.58 bits per heavy atom. The monoisotopic (exact) mass is 255 g/mol. The maximum atomic E-state index is 5.49. The third-order valence-corrected chi connectivity index (χ3v) is 4.21. The Kier molecular flexibility index (Phi) is 3.81. The molecular weight excluding hydrogens is 234 g/mol. The predicted molar refractivity (Wildman–Crippen MR) is 79.3 cm³/mol. The Balaban J connectivity index is 2.00. The van der Waals surface area contributed by atoms with Gasteiger partial charge in [-0.25, -0.2) is 0 Å². The van der Waals surface area contributed by atoms with Crippen LogP contribution < -0.4 is 5.32 Å². The van der Waals surface area contributed by atoms with Crippen molar-refractivity contribution in [1.82, 2.24) is 5.32 Å². The van der Waals surface area contributed by atoms with Gasteiger partial charge in [-0.1, -0.05) is 42.5 Å². The summed E-state index contributed by atoms with van der Waals surface area (Å²) < 4.78 is 5.49. The Labute approximate surface area is 114 Å². The van der Waals surface area contributed by atoms with E-state index < -0.39 is 0 Å². The van der Waals surface area contributed by atoms with Crippen LogP contribution in [0.1, 0.15) is 24.4 Å². The number of benzene rings is 2. The average Bonchev–Trinajstić information content (AvgIpc) is 2.49. The van der Waals surface area contributed by atoms with E-state index in [1.54, 1.807) is 0 Å². The van der Waals surface area contributed by atoms with Crippen molar-refractivity contribution in [1.29, 1.82) is 0 Å². The third-order valence-electron chi connectivity index (χ3n) is 4.21. The van der Waals surface area contributed by atoms with Gasteiger partial charge in [0.05, 0.1) is 0 Å². The highest BCUT2D eigenvalue weighted by Crippen LogP contribution is 2.33. The second kappa shape index (κ2) is 5.72. The van der Waals surface area contributed by atoms with E-state index in [0.29, 0.717) is 12.0 Å². The molecule has 0 saturated carbocycles. The van der Waals surface area contributed by atoms with E-state index in [4.69, 9.17) is 4.74 Å². The molecule has 1 unspecified atom stereocenters. The molecule has 19 heavy (non-hydrogen) atoms. The Morgan fingerprint density at radius 1 is 1.05 bits per heavy atom. The van der Waals surface area contributed by atoms with E-state index in [0.717, 1.165) is 26.1 Å². The summed E-state index contributed by atoms with van der Waals surface area (Å²) in [5, 5.41) is 6.22. The lowest BCUT2D eigenvalue weighted by Gasteiger charge is -2.31. The van der Waals surface area contributed by atoms with E-state index in [1.807, 2.05) is 0 Å². The summed E-state index contributed by atoms with van der Waals surface area (Å²) in [5.74, 6) is 0.671. The first-order valence-corrected chi connectivity index (χ1v) is 7.13. The molecule has 2 nitrogen and oxygen atoms in total. The Morgan fingerprint density at radius 2 is 1.79 bits per heavy atom. The quantitative estimate of drug-likeness (QED) is 0.906. The van der Waals surface area contributed by atoms with E-state index in [2.05, 4.69) is 54.8 Å². The van der Waals surface area contributed by atoms with Crippen molar-refractivity contribution in [3.05, 3.63) is 48.0 Å². The van der Waals surface area contributed by atoms with Crippen LogP contribution in [0.4, 0.5) is 0 Å². The van der Waals surface area contributed by atoms with E-state index >= 15 is 0 Å². The summed E-state index contributed by atoms with van der Waals surface area (Å²) in [6.07, 6.45) is 2.30. The van der Waals surface area contributed by atoms with Crippen LogP contribution in [0.2, 0.25) is 0 Å². The van der Waals surface area contributed by atoms with Crippen LogP contribution in [0.15, 0.2) is 42.5 Å². The molecule has 100 valence electrons. The van der Waals surface area contributed by atoms with Crippen molar-refractivity contribution in [2.45, 2.75) is 18.9 Å². The molecule has 1 N–H and O–H groups in total. The highest BCUT2D eigenvalue weighted by molar-refractivity contribution is 5.86. The van der Waals surface area contributed by atoms with Gasteiger partial charge in [0.25, 0.3) is 0 Å². The standard InChI is InChI=1S/C17H21NO/c1-18-17(14-9-11-19-12-10-14)16-8-4-6-13-5-2-3-7-15(13)16/h2-8,14,17-18H,9-12H2,1H3. The van der Waals surface area contributed by atoms with Gasteiger partial charge < -0.3 is 10.1 Å². The molecule has 1 saturated heterocycles. The summed E-state index contributed by atoms with van der Waals surface area (Å²) in [5.41, 5.74) is 1.42. The normalized spacial score (nSPS) is 18.6. The third kappa shape index (κ3) is 2.51. The van der Waals surface area contributed by atoms with Gasteiger partial charge in [-0.15, -0.1) is 0 Å². The molecule has 1 aliphatic rings. The van der Waals surface area contributed by atoms with Crippen molar-refractivity contribution in [2.24, 2.45) is 5.92 Å². The zero-order chi connectivity index (χ0) is 13.1. The summed E-state index contributed by atoms with van der Waals surface area (Å²) in [6.45, 7) is 1.79. The minimum atomic E-state index is 0.426. The number of hydrogen-bond acceptors (Lipinski definition) is 2. The summed E-state index contributed by atoms with van der Waals surface area (Å²) >= 11 is 0. The molecule has 1 fully saturated rings. The molecule has 0 amide bonds. The molecule has 2 aromatic rings. The molecule has 0 radical (unpaired) electrons. The molecule has 1 heterocycles. The first kappa shape index (κ1) is 12.6. The molecule has 3 rings (SSSR count). The smallest absolute Gasteiger partial charge is 0.0469 e. The van der Waals surface area contributed by atoms with Gasteiger partial charge in [-0.3, -0.25) is 0 Å². The summed E-state index contributed by atoms with van der Waals surface area (Å²) in [7, 11) is 2.07. The van der Waals surface area contributed by atoms with Gasteiger partial charge in [-0.2, -0.15) is 0 Å². The minimum absolute atomic E-state index is 0.426. The maximum absolute atomic E-state index is 5.49. The van der Waals surface area contributed by atoms with Crippen LogP contribution in [0.3, 0.4) is 0 Å². The van der Waals surface area contributed by atoms with Gasteiger partial charge in [-0.05, 0) is 42.1 Å². The molecular formula is C17H21NO. The number of fused-ring (bicyclic) bond motifs is 1. The zero-order valence-corrected chi connectivity index (χ0v) is 11.4. The van der Waals surface area contributed by atoms with E-state index in [1.165, 1.54) is 16.3 Å². The number of nitrogens with one attached hydrogen (secondary N) is 1. The predicted octanol–water partition coefficient (Wildman–Crippen LogP) is 3.53. The van der Waals surface area contributed by atoms with Gasteiger partial charge >= 0.3 is 0 Å². The molecule has 0 bridgehead atoms. The lowest BCUT2D eigenvalue weighted by molar-refractivity contribution is 0.0548. The highest BCUT2D eigenvalue weighted by Gasteiger charge is 2.25. The molecule has 0 aliphatic carbocycles. The maximum Gasteiger partial charge on any atom is 0.0469 e. The fraction of sp³-hybridized carbons (Fsp3) is 0.412. The first-order chi connectivity index (χ1) is 9.40. The van der Waals surface area contributed by atoms with E-state index in [-0.39, 0.29) is 0 Å². The van der Waals surface area contributed by atoms with Crippen LogP contribution in [-0.4, -0.2) is 20.3 Å². The first-order valence-electron chi connectivity index (χ1n) is 7.13. The molecule has 0 aromatic heterocycles. The van der Waals surface area contributed by atoms with Crippen LogP contribution in [0.25, 0.3) is 10.8 Å². The van der Waals surface area contributed by atoms with Gasteiger partial charge in [0.15, 0.2) is 0 Å². The summed E-state index contributed by atoms with van der Waals surface area (Å²) in [4.78, 5) is 0. The van der Waals surface area contributed by atoms with Crippen molar-refractivity contribution in [2.75, 3.05) is 20.3 Å².